The normalized spacial score (nSPS) is 12.7. The van der Waals surface area contributed by atoms with Crippen molar-refractivity contribution in [2.24, 2.45) is 0 Å². The number of fused-ring (bicyclic) bond motifs is 1. The molecule has 0 aliphatic heterocycles. The van der Waals surface area contributed by atoms with Gasteiger partial charge in [-0.3, -0.25) is 0 Å². The van der Waals surface area contributed by atoms with Crippen LogP contribution >= 0.6 is 11.3 Å². The maximum absolute atomic E-state index is 13.2. The molecule has 21 heavy (non-hydrogen) atoms. The van der Waals surface area contributed by atoms with Crippen molar-refractivity contribution in [3.8, 4) is 0 Å². The summed E-state index contributed by atoms with van der Waals surface area (Å²) in [6.07, 6.45) is 0.808. The lowest BCUT2D eigenvalue weighted by molar-refractivity contribution is 0.542. The first kappa shape index (κ1) is 14.2. The molecule has 0 saturated heterocycles. The second kappa shape index (κ2) is 6.33. The van der Waals surface area contributed by atoms with E-state index in [1.54, 1.807) is 23.5 Å². The van der Waals surface area contributed by atoms with Gasteiger partial charge in [-0.1, -0.05) is 24.3 Å². The first-order valence-electron chi connectivity index (χ1n) is 7.03. The van der Waals surface area contributed by atoms with Gasteiger partial charge in [-0.15, -0.1) is 11.3 Å². The van der Waals surface area contributed by atoms with Crippen LogP contribution in [-0.4, -0.2) is 11.0 Å². The van der Waals surface area contributed by atoms with Crippen LogP contribution < -0.4 is 5.32 Å². The van der Waals surface area contributed by atoms with Gasteiger partial charge >= 0.3 is 0 Å². The first-order valence-corrected chi connectivity index (χ1v) is 7.84. The van der Waals surface area contributed by atoms with Gasteiger partial charge < -0.3 is 5.32 Å². The maximum atomic E-state index is 13.2. The van der Waals surface area contributed by atoms with Crippen LogP contribution in [0.2, 0.25) is 0 Å². The van der Waals surface area contributed by atoms with Crippen molar-refractivity contribution in [1.82, 2.24) is 10.3 Å². The Bertz CT molecular complexity index is 705. The van der Waals surface area contributed by atoms with Crippen molar-refractivity contribution in [2.45, 2.75) is 25.9 Å². The smallest absolute Gasteiger partial charge is 0.123 e. The average Bonchev–Trinajstić information content (AvgIpc) is 2.88. The second-order valence-electron chi connectivity index (χ2n) is 5.19. The minimum Gasteiger partial charge on any atom is -0.308 e. The Morgan fingerprint density at radius 3 is 2.86 bits per heavy atom. The molecule has 0 fully saturated rings. The van der Waals surface area contributed by atoms with Gasteiger partial charge in [0.25, 0.3) is 0 Å². The molecule has 0 radical (unpaired) electrons. The standard InChI is InChI=1S/C17H17FN2S/c1-12(9-13-5-4-6-14(18)10-13)19-11-17-20-15-7-2-3-8-16(15)21-17/h2-8,10,12,19H,9,11H2,1H3. The highest BCUT2D eigenvalue weighted by Gasteiger charge is 2.07. The number of para-hydroxylation sites is 1. The molecule has 1 heterocycles. The quantitative estimate of drug-likeness (QED) is 0.765. The van der Waals surface area contributed by atoms with Crippen molar-refractivity contribution in [2.75, 3.05) is 0 Å². The molecule has 2 nitrogen and oxygen atoms in total. The lowest BCUT2D eigenvalue weighted by Gasteiger charge is -2.12. The second-order valence-corrected chi connectivity index (χ2v) is 6.31. The van der Waals surface area contributed by atoms with Gasteiger partial charge in [-0.25, -0.2) is 9.37 Å². The summed E-state index contributed by atoms with van der Waals surface area (Å²) in [5.41, 5.74) is 2.07. The third-order valence-corrected chi connectivity index (χ3v) is 4.41. The van der Waals surface area contributed by atoms with E-state index in [0.717, 1.165) is 29.1 Å². The Kier molecular flexibility index (Phi) is 4.27. The van der Waals surface area contributed by atoms with Crippen LogP contribution in [0.3, 0.4) is 0 Å². The molecular formula is C17H17FN2S. The number of nitrogens with one attached hydrogen (secondary N) is 1. The molecule has 108 valence electrons. The molecule has 1 atom stereocenters. The Balaban J connectivity index is 1.59. The van der Waals surface area contributed by atoms with Gasteiger partial charge in [0.05, 0.1) is 10.2 Å². The number of nitrogens with zero attached hydrogens (tertiary/aromatic N) is 1. The maximum Gasteiger partial charge on any atom is 0.123 e. The van der Waals surface area contributed by atoms with E-state index in [-0.39, 0.29) is 11.9 Å². The molecule has 0 aliphatic carbocycles. The molecule has 3 aromatic rings. The van der Waals surface area contributed by atoms with Gasteiger partial charge in [0.1, 0.15) is 10.8 Å². The topological polar surface area (TPSA) is 24.9 Å². The van der Waals surface area contributed by atoms with Gasteiger partial charge in [0.15, 0.2) is 0 Å². The molecule has 3 rings (SSSR count). The van der Waals surface area contributed by atoms with Gasteiger partial charge in [0, 0.05) is 12.6 Å². The minimum absolute atomic E-state index is 0.175. The fraction of sp³-hybridized carbons (Fsp3) is 0.235. The fourth-order valence-corrected chi connectivity index (χ4v) is 3.26. The molecular weight excluding hydrogens is 283 g/mol. The summed E-state index contributed by atoms with van der Waals surface area (Å²) in [5, 5.41) is 4.54. The number of thiazole rings is 1. The van der Waals surface area contributed by atoms with E-state index >= 15 is 0 Å². The number of hydrogen-bond acceptors (Lipinski definition) is 3. The summed E-state index contributed by atoms with van der Waals surface area (Å²) >= 11 is 1.71. The molecule has 0 spiro atoms. The van der Waals surface area contributed by atoms with Crippen LogP contribution in [0.15, 0.2) is 48.5 Å². The molecule has 0 bridgehead atoms. The van der Waals surface area contributed by atoms with Gasteiger partial charge in [-0.2, -0.15) is 0 Å². The van der Waals surface area contributed by atoms with Crippen LogP contribution in [0.25, 0.3) is 10.2 Å². The lowest BCUT2D eigenvalue weighted by Crippen LogP contribution is -2.27. The zero-order valence-corrected chi connectivity index (χ0v) is 12.7. The highest BCUT2D eigenvalue weighted by molar-refractivity contribution is 7.18. The van der Waals surface area contributed by atoms with Gasteiger partial charge in [-0.05, 0) is 43.2 Å². The number of rotatable bonds is 5. The molecule has 1 unspecified atom stereocenters. The Morgan fingerprint density at radius 1 is 1.19 bits per heavy atom. The molecule has 0 saturated carbocycles. The molecule has 1 N–H and O–H groups in total. The predicted octanol–water partition coefficient (Wildman–Crippen LogP) is 4.16. The van der Waals surface area contributed by atoms with E-state index in [2.05, 4.69) is 23.3 Å². The molecule has 2 aromatic carbocycles. The lowest BCUT2D eigenvalue weighted by atomic mass is 10.1. The summed E-state index contributed by atoms with van der Waals surface area (Å²) < 4.78 is 14.4. The third-order valence-electron chi connectivity index (χ3n) is 3.37. The number of halogens is 1. The van der Waals surface area contributed by atoms with E-state index in [1.807, 2.05) is 24.3 Å². The van der Waals surface area contributed by atoms with E-state index in [9.17, 15) is 4.39 Å². The third kappa shape index (κ3) is 3.65. The first-order chi connectivity index (χ1) is 10.2. The zero-order valence-electron chi connectivity index (χ0n) is 11.8. The van der Waals surface area contributed by atoms with Crippen LogP contribution in [0.5, 0.6) is 0 Å². The van der Waals surface area contributed by atoms with Crippen molar-refractivity contribution >= 4 is 21.6 Å². The predicted molar refractivity (Wildman–Crippen MR) is 86.0 cm³/mol. The highest BCUT2D eigenvalue weighted by atomic mass is 32.1. The summed E-state index contributed by atoms with van der Waals surface area (Å²) in [7, 11) is 0. The number of aromatic nitrogens is 1. The molecule has 0 amide bonds. The summed E-state index contributed by atoms with van der Waals surface area (Å²) in [6, 6.07) is 15.2. The van der Waals surface area contributed by atoms with Crippen molar-refractivity contribution < 1.29 is 4.39 Å². The van der Waals surface area contributed by atoms with E-state index in [0.29, 0.717) is 0 Å². The van der Waals surface area contributed by atoms with Crippen molar-refractivity contribution in [3.05, 3.63) is 64.9 Å². The van der Waals surface area contributed by atoms with Crippen molar-refractivity contribution in [3.63, 3.8) is 0 Å². The number of hydrogen-bond donors (Lipinski definition) is 1. The van der Waals surface area contributed by atoms with E-state index in [1.165, 1.54) is 10.8 Å². The van der Waals surface area contributed by atoms with Crippen LogP contribution in [0, 0.1) is 5.82 Å². The summed E-state index contributed by atoms with van der Waals surface area (Å²) in [6.45, 7) is 2.86. The van der Waals surface area contributed by atoms with Crippen LogP contribution in [0.1, 0.15) is 17.5 Å². The van der Waals surface area contributed by atoms with E-state index in [4.69, 9.17) is 0 Å². The van der Waals surface area contributed by atoms with Crippen LogP contribution in [0.4, 0.5) is 4.39 Å². The average molecular weight is 300 g/mol. The monoisotopic (exact) mass is 300 g/mol. The minimum atomic E-state index is -0.175. The van der Waals surface area contributed by atoms with Gasteiger partial charge in [0.2, 0.25) is 0 Å². The zero-order chi connectivity index (χ0) is 14.7. The highest BCUT2D eigenvalue weighted by Crippen LogP contribution is 2.21. The number of benzene rings is 2. The largest absolute Gasteiger partial charge is 0.308 e. The molecule has 0 aliphatic rings. The Hall–Kier alpha value is -1.78. The van der Waals surface area contributed by atoms with Crippen molar-refractivity contribution in [1.29, 1.82) is 0 Å². The van der Waals surface area contributed by atoms with E-state index < -0.39 is 0 Å². The summed E-state index contributed by atoms with van der Waals surface area (Å²) in [5.74, 6) is -0.175. The fourth-order valence-electron chi connectivity index (χ4n) is 2.35. The SMILES string of the molecule is CC(Cc1cccc(F)c1)NCc1nc2ccccc2s1. The summed E-state index contributed by atoms with van der Waals surface area (Å²) in [4.78, 5) is 4.60. The molecule has 4 heteroatoms. The Morgan fingerprint density at radius 2 is 2.05 bits per heavy atom. The molecule has 1 aromatic heterocycles. The van der Waals surface area contributed by atoms with Crippen LogP contribution in [-0.2, 0) is 13.0 Å². The Labute approximate surface area is 127 Å².